The van der Waals surface area contributed by atoms with Gasteiger partial charge >= 0.3 is 0 Å². The predicted molar refractivity (Wildman–Crippen MR) is 96.4 cm³/mol. The van der Waals surface area contributed by atoms with Crippen LogP contribution in [0.5, 0.6) is 0 Å². The number of aliphatic hydroxyl groups is 1. The second-order valence-electron chi connectivity index (χ2n) is 7.07. The molecule has 2 fully saturated rings. The van der Waals surface area contributed by atoms with Crippen LogP contribution in [0.3, 0.4) is 0 Å². The van der Waals surface area contributed by atoms with Crippen LogP contribution in [0.15, 0.2) is 30.3 Å². The number of hydrogen-bond acceptors (Lipinski definition) is 5. The summed E-state index contributed by atoms with van der Waals surface area (Å²) in [6, 6.07) is 12.0. The van der Waals surface area contributed by atoms with Crippen molar-refractivity contribution in [3.05, 3.63) is 36.0 Å². The van der Waals surface area contributed by atoms with E-state index >= 15 is 0 Å². The molecule has 1 aliphatic heterocycles. The van der Waals surface area contributed by atoms with Crippen LogP contribution in [0.4, 0.5) is 5.69 Å². The summed E-state index contributed by atoms with van der Waals surface area (Å²) in [5.74, 6) is 0. The first kappa shape index (κ1) is 16.3. The number of nitrogens with zero attached hydrogens (tertiary/aromatic N) is 3. The van der Waals surface area contributed by atoms with E-state index in [0.29, 0.717) is 12.3 Å². The molecule has 130 valence electrons. The molecule has 2 aromatic rings. The number of piperidine rings is 1. The normalized spacial score (nSPS) is 24.9. The molecule has 1 aromatic heterocycles. The Balaban J connectivity index is 1.61. The quantitative estimate of drug-likeness (QED) is 0.933. The number of rotatable bonds is 3. The lowest BCUT2D eigenvalue weighted by Gasteiger charge is -2.57. The maximum absolute atomic E-state index is 10.4. The third-order valence-electron chi connectivity index (χ3n) is 5.95. The fourth-order valence-electron chi connectivity index (χ4n) is 4.46. The lowest BCUT2D eigenvalue weighted by Crippen LogP contribution is -2.62. The van der Waals surface area contributed by atoms with Crippen molar-refractivity contribution in [2.75, 3.05) is 24.6 Å². The molecule has 1 aromatic carbocycles. The van der Waals surface area contributed by atoms with Crippen molar-refractivity contribution >= 4 is 16.6 Å². The standard InChI is InChI=1S/C20H23N3O2/c1-2-25-19-12-18(24)20(19)7-9-23(10-8-20)17-11-14(13-21)22-16-6-4-3-5-15(16)17/h3-6,11,18-19,24H,2,7-10,12H2,1H3/t18-,19+/m1/s1. The zero-order valence-corrected chi connectivity index (χ0v) is 14.5. The molecule has 5 heteroatoms. The van der Waals surface area contributed by atoms with Crippen molar-refractivity contribution in [3.8, 4) is 6.07 Å². The Bertz CT molecular complexity index is 819. The third-order valence-corrected chi connectivity index (χ3v) is 5.95. The van der Waals surface area contributed by atoms with E-state index in [2.05, 4.69) is 22.0 Å². The summed E-state index contributed by atoms with van der Waals surface area (Å²) >= 11 is 0. The largest absolute Gasteiger partial charge is 0.392 e. The van der Waals surface area contributed by atoms with Crippen molar-refractivity contribution in [1.29, 1.82) is 5.26 Å². The summed E-state index contributed by atoms with van der Waals surface area (Å²) in [6.45, 7) is 4.43. The zero-order valence-electron chi connectivity index (χ0n) is 14.5. The fraction of sp³-hybridized carbons (Fsp3) is 0.500. The SMILES string of the molecule is CCO[C@H]1C[C@@H](O)C12CCN(c1cc(C#N)nc3ccccc13)CC2. The molecule has 1 aliphatic carbocycles. The van der Waals surface area contributed by atoms with Gasteiger partial charge in [0.25, 0.3) is 0 Å². The highest BCUT2D eigenvalue weighted by Crippen LogP contribution is 2.51. The Labute approximate surface area is 147 Å². The first-order chi connectivity index (χ1) is 12.2. The molecule has 1 spiro atoms. The van der Waals surface area contributed by atoms with Gasteiger partial charge in [-0.1, -0.05) is 18.2 Å². The van der Waals surface area contributed by atoms with Crippen molar-refractivity contribution in [2.24, 2.45) is 5.41 Å². The first-order valence-electron chi connectivity index (χ1n) is 9.02. The Morgan fingerprint density at radius 2 is 2.12 bits per heavy atom. The summed E-state index contributed by atoms with van der Waals surface area (Å²) < 4.78 is 5.86. The number of anilines is 1. The molecular formula is C20H23N3O2. The van der Waals surface area contributed by atoms with E-state index in [-0.39, 0.29) is 17.6 Å². The van der Waals surface area contributed by atoms with E-state index in [4.69, 9.17) is 4.74 Å². The van der Waals surface area contributed by atoms with Crippen molar-refractivity contribution in [2.45, 2.75) is 38.4 Å². The lowest BCUT2D eigenvalue weighted by molar-refractivity contribution is -0.199. The average molecular weight is 337 g/mol. The number of ether oxygens (including phenoxy) is 1. The average Bonchev–Trinajstić information content (AvgIpc) is 2.67. The molecule has 0 unspecified atom stereocenters. The van der Waals surface area contributed by atoms with Crippen molar-refractivity contribution in [3.63, 3.8) is 0 Å². The van der Waals surface area contributed by atoms with Crippen molar-refractivity contribution in [1.82, 2.24) is 4.98 Å². The molecule has 1 saturated carbocycles. The van der Waals surface area contributed by atoms with E-state index in [1.807, 2.05) is 31.2 Å². The van der Waals surface area contributed by atoms with E-state index in [9.17, 15) is 10.4 Å². The van der Waals surface area contributed by atoms with Crippen LogP contribution < -0.4 is 4.90 Å². The number of pyridine rings is 1. The summed E-state index contributed by atoms with van der Waals surface area (Å²) in [5.41, 5.74) is 2.28. The van der Waals surface area contributed by atoms with Gasteiger partial charge in [0.2, 0.25) is 0 Å². The van der Waals surface area contributed by atoms with Crippen LogP contribution in [0.2, 0.25) is 0 Å². The Kier molecular flexibility index (Phi) is 4.10. The van der Waals surface area contributed by atoms with Gasteiger partial charge in [-0.15, -0.1) is 0 Å². The van der Waals surface area contributed by atoms with Crippen molar-refractivity contribution < 1.29 is 9.84 Å². The molecule has 2 heterocycles. The van der Waals surface area contributed by atoms with Gasteiger partial charge in [-0.25, -0.2) is 4.98 Å². The smallest absolute Gasteiger partial charge is 0.143 e. The molecule has 1 saturated heterocycles. The monoisotopic (exact) mass is 337 g/mol. The molecule has 0 bridgehead atoms. The summed E-state index contributed by atoms with van der Waals surface area (Å²) in [7, 11) is 0. The van der Waals surface area contributed by atoms with E-state index in [0.717, 1.165) is 48.9 Å². The predicted octanol–water partition coefficient (Wildman–Crippen LogP) is 2.86. The van der Waals surface area contributed by atoms with Gasteiger partial charge in [0.05, 0.1) is 17.7 Å². The molecule has 0 radical (unpaired) electrons. The van der Waals surface area contributed by atoms with Crippen LogP contribution in [0.1, 0.15) is 31.9 Å². The maximum atomic E-state index is 10.4. The minimum Gasteiger partial charge on any atom is -0.392 e. The minimum absolute atomic E-state index is 0.0899. The topological polar surface area (TPSA) is 69.4 Å². The van der Waals surface area contributed by atoms with Gasteiger partial charge < -0.3 is 14.7 Å². The molecule has 5 nitrogen and oxygen atoms in total. The van der Waals surface area contributed by atoms with Crippen LogP contribution >= 0.6 is 0 Å². The molecule has 0 amide bonds. The summed E-state index contributed by atoms with van der Waals surface area (Å²) in [6.07, 6.45) is 2.51. The number of aliphatic hydroxyl groups excluding tert-OH is 1. The molecule has 2 atom stereocenters. The number of para-hydroxylation sites is 1. The molecule has 2 aliphatic rings. The van der Waals surface area contributed by atoms with E-state index in [1.165, 1.54) is 0 Å². The first-order valence-corrected chi connectivity index (χ1v) is 9.02. The second-order valence-corrected chi connectivity index (χ2v) is 7.07. The maximum Gasteiger partial charge on any atom is 0.143 e. The summed E-state index contributed by atoms with van der Waals surface area (Å²) in [4.78, 5) is 6.73. The molecule has 25 heavy (non-hydrogen) atoms. The van der Waals surface area contributed by atoms with Crippen LogP contribution in [-0.2, 0) is 4.74 Å². The van der Waals surface area contributed by atoms with Crippen LogP contribution in [0.25, 0.3) is 10.9 Å². The summed E-state index contributed by atoms with van der Waals surface area (Å²) in [5, 5.41) is 20.8. The van der Waals surface area contributed by atoms with Gasteiger partial charge in [0.15, 0.2) is 0 Å². The van der Waals surface area contributed by atoms with Gasteiger partial charge in [-0.3, -0.25) is 0 Å². The highest BCUT2D eigenvalue weighted by Gasteiger charge is 2.56. The van der Waals surface area contributed by atoms with Gasteiger partial charge in [0.1, 0.15) is 11.8 Å². The fourth-order valence-corrected chi connectivity index (χ4v) is 4.46. The highest BCUT2D eigenvalue weighted by atomic mass is 16.5. The molecule has 4 rings (SSSR count). The minimum atomic E-state index is -0.255. The highest BCUT2D eigenvalue weighted by molar-refractivity contribution is 5.92. The Hall–Kier alpha value is -2.16. The van der Waals surface area contributed by atoms with Gasteiger partial charge in [-0.05, 0) is 31.9 Å². The zero-order chi connectivity index (χ0) is 17.4. The van der Waals surface area contributed by atoms with E-state index < -0.39 is 0 Å². The van der Waals surface area contributed by atoms with Crippen LogP contribution in [-0.4, -0.2) is 42.0 Å². The van der Waals surface area contributed by atoms with E-state index in [1.54, 1.807) is 0 Å². The molecular weight excluding hydrogens is 314 g/mol. The number of aromatic nitrogens is 1. The number of nitriles is 1. The third kappa shape index (κ3) is 2.57. The van der Waals surface area contributed by atoms with Crippen LogP contribution in [0, 0.1) is 16.7 Å². The Morgan fingerprint density at radius 1 is 1.36 bits per heavy atom. The Morgan fingerprint density at radius 3 is 2.80 bits per heavy atom. The second kappa shape index (κ2) is 6.29. The number of hydrogen-bond donors (Lipinski definition) is 1. The van der Waals surface area contributed by atoms with Gasteiger partial charge in [0, 0.05) is 42.6 Å². The van der Waals surface area contributed by atoms with Gasteiger partial charge in [-0.2, -0.15) is 5.26 Å². The number of benzene rings is 1. The number of fused-ring (bicyclic) bond motifs is 1. The lowest BCUT2D eigenvalue weighted by atomic mass is 9.58. The molecule has 1 N–H and O–H groups in total.